The molecule has 120 valence electrons. The minimum Gasteiger partial charge on any atom is -0.492 e. The van der Waals surface area contributed by atoms with Gasteiger partial charge in [-0.05, 0) is 42.8 Å². The van der Waals surface area contributed by atoms with Crippen LogP contribution in [-0.2, 0) is 9.05 Å². The molecule has 0 aliphatic carbocycles. The fourth-order valence-corrected chi connectivity index (χ4v) is 2.87. The van der Waals surface area contributed by atoms with Crippen LogP contribution in [0.15, 0.2) is 23.1 Å². The summed E-state index contributed by atoms with van der Waals surface area (Å²) in [5.41, 5.74) is 0.858. The lowest BCUT2D eigenvalue weighted by Crippen LogP contribution is -2.28. The largest absolute Gasteiger partial charge is 0.492 e. The fraction of sp³-hybridized carbons (Fsp3) is 0.600. The summed E-state index contributed by atoms with van der Waals surface area (Å²) in [6.07, 6.45) is 0. The molecule has 0 saturated heterocycles. The SMILES string of the molecule is CCN(CC)CCOc1ccc(S(=O)(=O)Cl)cc1C(C)C. The molecule has 1 aromatic rings. The van der Waals surface area contributed by atoms with Gasteiger partial charge in [0.1, 0.15) is 12.4 Å². The summed E-state index contributed by atoms with van der Waals surface area (Å²) in [7, 11) is 1.69. The molecule has 0 atom stereocenters. The lowest BCUT2D eigenvalue weighted by molar-refractivity contribution is 0.221. The highest BCUT2D eigenvalue weighted by Crippen LogP contribution is 2.30. The quantitative estimate of drug-likeness (QED) is 0.683. The maximum absolute atomic E-state index is 11.4. The van der Waals surface area contributed by atoms with Gasteiger partial charge >= 0.3 is 0 Å². The molecule has 0 unspecified atom stereocenters. The van der Waals surface area contributed by atoms with Crippen LogP contribution in [0.5, 0.6) is 5.75 Å². The van der Waals surface area contributed by atoms with E-state index in [0.29, 0.717) is 6.61 Å². The number of nitrogens with zero attached hydrogens (tertiary/aromatic N) is 1. The summed E-state index contributed by atoms with van der Waals surface area (Å²) in [5, 5.41) is 0. The van der Waals surface area contributed by atoms with Crippen molar-refractivity contribution in [1.82, 2.24) is 4.90 Å². The lowest BCUT2D eigenvalue weighted by Gasteiger charge is -2.20. The van der Waals surface area contributed by atoms with E-state index in [1.54, 1.807) is 12.1 Å². The second-order valence-corrected chi connectivity index (χ2v) is 7.73. The highest BCUT2D eigenvalue weighted by atomic mass is 35.7. The van der Waals surface area contributed by atoms with Crippen LogP contribution in [0.2, 0.25) is 0 Å². The van der Waals surface area contributed by atoms with Gasteiger partial charge in [-0.1, -0.05) is 27.7 Å². The Morgan fingerprint density at radius 1 is 1.24 bits per heavy atom. The third kappa shape index (κ3) is 5.49. The number of hydrogen-bond donors (Lipinski definition) is 0. The number of rotatable bonds is 8. The minimum atomic E-state index is -3.71. The standard InChI is InChI=1S/C15H24ClNO3S/c1-5-17(6-2)9-10-20-15-8-7-13(21(16,18)19)11-14(15)12(3)4/h7-8,11-12H,5-6,9-10H2,1-4H3. The molecule has 0 amide bonds. The number of halogens is 1. The van der Waals surface area contributed by atoms with Gasteiger partial charge in [0, 0.05) is 17.2 Å². The minimum absolute atomic E-state index is 0.115. The Balaban J connectivity index is 2.87. The van der Waals surface area contributed by atoms with Crippen LogP contribution in [0, 0.1) is 0 Å². The number of hydrogen-bond acceptors (Lipinski definition) is 4. The summed E-state index contributed by atoms with van der Waals surface area (Å²) < 4.78 is 28.7. The molecule has 0 fully saturated rings. The zero-order chi connectivity index (χ0) is 16.0. The third-order valence-electron chi connectivity index (χ3n) is 3.44. The van der Waals surface area contributed by atoms with Gasteiger partial charge in [0.05, 0.1) is 4.90 Å². The Hall–Kier alpha value is -0.780. The summed E-state index contributed by atoms with van der Waals surface area (Å²) in [4.78, 5) is 2.39. The van der Waals surface area contributed by atoms with Crippen LogP contribution in [0.3, 0.4) is 0 Å². The van der Waals surface area contributed by atoms with Gasteiger partial charge in [-0.3, -0.25) is 0 Å². The molecule has 0 aromatic heterocycles. The Morgan fingerprint density at radius 3 is 2.33 bits per heavy atom. The predicted molar refractivity (Wildman–Crippen MR) is 86.9 cm³/mol. The van der Waals surface area contributed by atoms with Gasteiger partial charge in [-0.25, -0.2) is 8.42 Å². The fourth-order valence-electron chi connectivity index (χ4n) is 2.09. The number of likely N-dealkylation sites (N-methyl/N-ethyl adjacent to an activating group) is 1. The number of benzene rings is 1. The van der Waals surface area contributed by atoms with Gasteiger partial charge in [0.25, 0.3) is 9.05 Å². The van der Waals surface area contributed by atoms with E-state index in [9.17, 15) is 8.42 Å². The smallest absolute Gasteiger partial charge is 0.261 e. The van der Waals surface area contributed by atoms with E-state index in [-0.39, 0.29) is 10.8 Å². The highest BCUT2D eigenvalue weighted by molar-refractivity contribution is 8.13. The van der Waals surface area contributed by atoms with Crippen LogP contribution in [-0.4, -0.2) is 39.6 Å². The molecule has 0 saturated carbocycles. The molecular formula is C15H24ClNO3S. The van der Waals surface area contributed by atoms with E-state index in [1.165, 1.54) is 6.07 Å². The second kappa shape index (κ2) is 8.01. The van der Waals surface area contributed by atoms with Crippen molar-refractivity contribution in [1.29, 1.82) is 0 Å². The highest BCUT2D eigenvalue weighted by Gasteiger charge is 2.15. The molecule has 0 radical (unpaired) electrons. The van der Waals surface area contributed by atoms with Gasteiger partial charge < -0.3 is 9.64 Å². The predicted octanol–water partition coefficient (Wildman–Crippen LogP) is 3.46. The first kappa shape index (κ1) is 18.3. The first-order valence-electron chi connectivity index (χ1n) is 7.23. The molecule has 0 aliphatic rings. The van der Waals surface area contributed by atoms with Crippen molar-refractivity contribution in [2.75, 3.05) is 26.2 Å². The molecule has 0 N–H and O–H groups in total. The maximum atomic E-state index is 11.4. The van der Waals surface area contributed by atoms with Crippen LogP contribution in [0.4, 0.5) is 0 Å². The zero-order valence-electron chi connectivity index (χ0n) is 13.1. The molecule has 1 rings (SSSR count). The summed E-state index contributed by atoms with van der Waals surface area (Å²) in [6.45, 7) is 11.6. The van der Waals surface area contributed by atoms with Crippen LogP contribution >= 0.6 is 10.7 Å². The third-order valence-corrected chi connectivity index (χ3v) is 4.80. The van der Waals surface area contributed by atoms with Gasteiger partial charge in [-0.15, -0.1) is 0 Å². The lowest BCUT2D eigenvalue weighted by atomic mass is 10.0. The normalized spacial score (nSPS) is 12.1. The summed E-state index contributed by atoms with van der Waals surface area (Å²) >= 11 is 0. The van der Waals surface area contributed by atoms with E-state index in [4.69, 9.17) is 15.4 Å². The second-order valence-electron chi connectivity index (χ2n) is 5.17. The van der Waals surface area contributed by atoms with E-state index < -0.39 is 9.05 Å². The van der Waals surface area contributed by atoms with Crippen molar-refractivity contribution in [2.24, 2.45) is 0 Å². The van der Waals surface area contributed by atoms with E-state index >= 15 is 0 Å². The molecule has 0 heterocycles. The molecule has 0 spiro atoms. The van der Waals surface area contributed by atoms with Crippen molar-refractivity contribution in [3.05, 3.63) is 23.8 Å². The van der Waals surface area contributed by atoms with Crippen molar-refractivity contribution < 1.29 is 13.2 Å². The Morgan fingerprint density at radius 2 is 1.86 bits per heavy atom. The molecule has 0 aliphatic heterocycles. The Kier molecular flexibility index (Phi) is 6.97. The van der Waals surface area contributed by atoms with Crippen molar-refractivity contribution in [3.63, 3.8) is 0 Å². The topological polar surface area (TPSA) is 46.6 Å². The summed E-state index contributed by atoms with van der Waals surface area (Å²) in [6, 6.07) is 4.77. The van der Waals surface area contributed by atoms with Crippen molar-refractivity contribution >= 4 is 19.7 Å². The molecule has 21 heavy (non-hydrogen) atoms. The van der Waals surface area contributed by atoms with Crippen molar-refractivity contribution in [2.45, 2.75) is 38.5 Å². The number of ether oxygens (including phenoxy) is 1. The molecule has 1 aromatic carbocycles. The summed E-state index contributed by atoms with van der Waals surface area (Å²) in [5.74, 6) is 0.882. The van der Waals surface area contributed by atoms with E-state index in [1.807, 2.05) is 13.8 Å². The van der Waals surface area contributed by atoms with Crippen LogP contribution < -0.4 is 4.74 Å². The Labute approximate surface area is 132 Å². The van der Waals surface area contributed by atoms with Crippen LogP contribution in [0.1, 0.15) is 39.2 Å². The zero-order valence-corrected chi connectivity index (χ0v) is 14.7. The molecule has 0 bridgehead atoms. The first-order chi connectivity index (χ1) is 9.79. The molecule has 4 nitrogen and oxygen atoms in total. The van der Waals surface area contributed by atoms with Crippen LogP contribution in [0.25, 0.3) is 0 Å². The Bertz CT molecular complexity index is 554. The average Bonchev–Trinajstić information content (AvgIpc) is 2.42. The van der Waals surface area contributed by atoms with E-state index in [2.05, 4.69) is 18.7 Å². The average molecular weight is 334 g/mol. The van der Waals surface area contributed by atoms with Gasteiger partial charge in [-0.2, -0.15) is 0 Å². The monoisotopic (exact) mass is 333 g/mol. The molecule has 6 heteroatoms. The van der Waals surface area contributed by atoms with Gasteiger partial charge in [0.15, 0.2) is 0 Å². The van der Waals surface area contributed by atoms with Gasteiger partial charge in [0.2, 0.25) is 0 Å². The molecular weight excluding hydrogens is 310 g/mol. The maximum Gasteiger partial charge on any atom is 0.261 e. The first-order valence-corrected chi connectivity index (χ1v) is 9.54. The van der Waals surface area contributed by atoms with E-state index in [0.717, 1.165) is 30.9 Å². The van der Waals surface area contributed by atoms with Crippen molar-refractivity contribution in [3.8, 4) is 5.75 Å².